The Morgan fingerprint density at radius 1 is 1.40 bits per heavy atom. The summed E-state index contributed by atoms with van der Waals surface area (Å²) in [4.78, 5) is 11.6. The zero-order valence-electron chi connectivity index (χ0n) is 10.7. The van der Waals surface area contributed by atoms with Crippen molar-refractivity contribution in [1.82, 2.24) is 5.32 Å². The van der Waals surface area contributed by atoms with Crippen molar-refractivity contribution >= 4 is 22.9 Å². The summed E-state index contributed by atoms with van der Waals surface area (Å²) in [5.74, 6) is -0.684. The van der Waals surface area contributed by atoms with E-state index in [-0.39, 0.29) is 19.0 Å². The van der Waals surface area contributed by atoms with E-state index >= 15 is 0 Å². The summed E-state index contributed by atoms with van der Waals surface area (Å²) in [5.41, 5.74) is 1.24. The molecule has 0 aliphatic heterocycles. The fraction of sp³-hybridized carbons (Fsp3) is 0.214. The molecule has 1 amide bonds. The molecule has 0 spiro atoms. The molecule has 0 aliphatic carbocycles. The van der Waals surface area contributed by atoms with Gasteiger partial charge in [0.1, 0.15) is 5.82 Å². The van der Waals surface area contributed by atoms with Gasteiger partial charge in [0, 0.05) is 12.2 Å². The topological polar surface area (TPSA) is 61.4 Å². The Kier molecular flexibility index (Phi) is 5.23. The van der Waals surface area contributed by atoms with Crippen LogP contribution in [0.2, 0.25) is 0 Å². The molecule has 1 atom stereocenters. The minimum absolute atomic E-state index is 0.0533. The summed E-state index contributed by atoms with van der Waals surface area (Å²) in [7, 11) is 0. The summed E-state index contributed by atoms with van der Waals surface area (Å²) < 4.78 is 12.9. The van der Waals surface area contributed by atoms with Crippen LogP contribution in [0.4, 0.5) is 10.1 Å². The highest BCUT2D eigenvalue weighted by molar-refractivity contribution is 7.07. The summed E-state index contributed by atoms with van der Waals surface area (Å²) >= 11 is 1.51. The van der Waals surface area contributed by atoms with Crippen LogP contribution in [-0.4, -0.2) is 24.1 Å². The van der Waals surface area contributed by atoms with Gasteiger partial charge in [-0.3, -0.25) is 4.79 Å². The van der Waals surface area contributed by atoms with Gasteiger partial charge in [0.25, 0.3) is 0 Å². The maximum Gasteiger partial charge on any atom is 0.238 e. The Hall–Kier alpha value is -1.76. The number of aliphatic hydroxyl groups is 1. The average Bonchev–Trinajstić information content (AvgIpc) is 2.92. The highest BCUT2D eigenvalue weighted by Gasteiger charge is 2.08. The predicted molar refractivity (Wildman–Crippen MR) is 77.2 cm³/mol. The molecule has 0 saturated heterocycles. The van der Waals surface area contributed by atoms with E-state index < -0.39 is 11.9 Å². The number of hydrogen-bond donors (Lipinski definition) is 3. The van der Waals surface area contributed by atoms with E-state index in [1.165, 1.54) is 29.5 Å². The number of rotatable bonds is 6. The quantitative estimate of drug-likeness (QED) is 0.765. The lowest BCUT2D eigenvalue weighted by Crippen LogP contribution is -2.31. The Balaban J connectivity index is 1.73. The predicted octanol–water partition coefficient (Wildman–Crippen LogP) is 2.15. The van der Waals surface area contributed by atoms with E-state index in [2.05, 4.69) is 10.6 Å². The SMILES string of the molecule is O=C(CNCC(O)c1ccsc1)Nc1cccc(F)c1. The smallest absolute Gasteiger partial charge is 0.238 e. The Morgan fingerprint density at radius 3 is 2.95 bits per heavy atom. The van der Waals surface area contributed by atoms with Crippen LogP contribution in [0.25, 0.3) is 0 Å². The average molecular weight is 294 g/mol. The second-order valence-electron chi connectivity index (χ2n) is 4.26. The minimum atomic E-state index is -0.636. The van der Waals surface area contributed by atoms with Gasteiger partial charge in [0.05, 0.1) is 12.6 Å². The lowest BCUT2D eigenvalue weighted by Gasteiger charge is -2.10. The first-order valence-electron chi connectivity index (χ1n) is 6.11. The molecule has 6 heteroatoms. The number of anilines is 1. The second-order valence-corrected chi connectivity index (χ2v) is 5.04. The van der Waals surface area contributed by atoms with Crippen LogP contribution >= 0.6 is 11.3 Å². The van der Waals surface area contributed by atoms with Crippen LogP contribution in [-0.2, 0) is 4.79 Å². The Bertz CT molecular complexity index is 560. The number of amides is 1. The molecule has 3 N–H and O–H groups in total. The van der Waals surface area contributed by atoms with Crippen LogP contribution < -0.4 is 10.6 Å². The van der Waals surface area contributed by atoms with Gasteiger partial charge in [-0.15, -0.1) is 0 Å². The van der Waals surface area contributed by atoms with Crippen molar-refractivity contribution in [3.05, 3.63) is 52.5 Å². The van der Waals surface area contributed by atoms with Crippen molar-refractivity contribution in [2.24, 2.45) is 0 Å². The van der Waals surface area contributed by atoms with Crippen LogP contribution in [0.15, 0.2) is 41.1 Å². The molecular formula is C14H15FN2O2S. The summed E-state index contributed by atoms with van der Waals surface area (Å²) in [6.45, 7) is 0.338. The van der Waals surface area contributed by atoms with E-state index in [1.54, 1.807) is 6.07 Å². The molecule has 1 aromatic heterocycles. The van der Waals surface area contributed by atoms with Crippen molar-refractivity contribution < 1.29 is 14.3 Å². The molecule has 106 valence electrons. The number of carbonyl (C=O) groups is 1. The van der Waals surface area contributed by atoms with Gasteiger partial charge in [0.15, 0.2) is 0 Å². The molecule has 4 nitrogen and oxygen atoms in total. The summed E-state index contributed by atoms with van der Waals surface area (Å²) in [6, 6.07) is 7.53. The first kappa shape index (κ1) is 14.6. The van der Waals surface area contributed by atoms with E-state index in [0.717, 1.165) is 5.56 Å². The van der Waals surface area contributed by atoms with E-state index in [1.807, 2.05) is 16.8 Å². The van der Waals surface area contributed by atoms with Crippen molar-refractivity contribution in [2.45, 2.75) is 6.10 Å². The highest BCUT2D eigenvalue weighted by Crippen LogP contribution is 2.15. The van der Waals surface area contributed by atoms with Crippen LogP contribution in [0.1, 0.15) is 11.7 Å². The van der Waals surface area contributed by atoms with E-state index in [9.17, 15) is 14.3 Å². The number of hydrogen-bond acceptors (Lipinski definition) is 4. The third-order valence-corrected chi connectivity index (χ3v) is 3.36. The zero-order valence-corrected chi connectivity index (χ0v) is 11.5. The molecule has 1 heterocycles. The van der Waals surface area contributed by atoms with Gasteiger partial charge in [-0.1, -0.05) is 6.07 Å². The highest BCUT2D eigenvalue weighted by atomic mass is 32.1. The second kappa shape index (κ2) is 7.14. The van der Waals surface area contributed by atoms with Gasteiger partial charge >= 0.3 is 0 Å². The number of benzene rings is 1. The largest absolute Gasteiger partial charge is 0.387 e. The van der Waals surface area contributed by atoms with E-state index in [4.69, 9.17) is 0 Å². The third-order valence-electron chi connectivity index (χ3n) is 2.66. The van der Waals surface area contributed by atoms with Gasteiger partial charge in [-0.25, -0.2) is 4.39 Å². The van der Waals surface area contributed by atoms with Gasteiger partial charge in [-0.2, -0.15) is 11.3 Å². The Labute approximate surface area is 120 Å². The van der Waals surface area contributed by atoms with Crippen molar-refractivity contribution in [1.29, 1.82) is 0 Å². The van der Waals surface area contributed by atoms with Gasteiger partial charge in [-0.05, 0) is 40.6 Å². The lowest BCUT2D eigenvalue weighted by molar-refractivity contribution is -0.115. The first-order chi connectivity index (χ1) is 9.65. The van der Waals surface area contributed by atoms with Crippen molar-refractivity contribution in [2.75, 3.05) is 18.4 Å². The number of halogens is 1. The van der Waals surface area contributed by atoms with Gasteiger partial charge < -0.3 is 15.7 Å². The molecular weight excluding hydrogens is 279 g/mol. The van der Waals surface area contributed by atoms with Crippen LogP contribution in [0, 0.1) is 5.82 Å². The number of thiophene rings is 1. The lowest BCUT2D eigenvalue weighted by atomic mass is 10.2. The molecule has 0 fully saturated rings. The minimum Gasteiger partial charge on any atom is -0.387 e. The molecule has 20 heavy (non-hydrogen) atoms. The van der Waals surface area contributed by atoms with Crippen molar-refractivity contribution in [3.8, 4) is 0 Å². The zero-order chi connectivity index (χ0) is 14.4. The maximum absolute atomic E-state index is 12.9. The maximum atomic E-state index is 12.9. The fourth-order valence-corrected chi connectivity index (χ4v) is 2.38. The molecule has 2 aromatic rings. The van der Waals surface area contributed by atoms with Gasteiger partial charge in [0.2, 0.25) is 5.91 Å². The molecule has 1 unspecified atom stereocenters. The normalized spacial score (nSPS) is 12.1. The monoisotopic (exact) mass is 294 g/mol. The molecule has 0 radical (unpaired) electrons. The molecule has 1 aromatic carbocycles. The third kappa shape index (κ3) is 4.41. The number of carbonyl (C=O) groups excluding carboxylic acids is 1. The summed E-state index contributed by atoms with van der Waals surface area (Å²) in [6.07, 6.45) is -0.636. The standard InChI is InChI=1S/C14H15FN2O2S/c15-11-2-1-3-12(6-11)17-14(19)8-16-7-13(18)10-4-5-20-9-10/h1-6,9,13,16,18H,7-8H2,(H,17,19). The molecule has 2 rings (SSSR count). The molecule has 0 aliphatic rings. The Morgan fingerprint density at radius 2 is 2.25 bits per heavy atom. The van der Waals surface area contributed by atoms with E-state index in [0.29, 0.717) is 5.69 Å². The first-order valence-corrected chi connectivity index (χ1v) is 7.06. The molecule has 0 bridgehead atoms. The number of nitrogens with one attached hydrogen (secondary N) is 2. The van der Waals surface area contributed by atoms with Crippen LogP contribution in [0.5, 0.6) is 0 Å². The number of aliphatic hydroxyl groups excluding tert-OH is 1. The molecule has 0 saturated carbocycles. The van der Waals surface area contributed by atoms with Crippen molar-refractivity contribution in [3.63, 3.8) is 0 Å². The van der Waals surface area contributed by atoms with Crippen LogP contribution in [0.3, 0.4) is 0 Å². The summed E-state index contributed by atoms with van der Waals surface area (Å²) in [5, 5.41) is 19.0. The fourth-order valence-electron chi connectivity index (χ4n) is 1.68.